The van der Waals surface area contributed by atoms with Gasteiger partial charge in [-0.3, -0.25) is 0 Å². The highest BCUT2D eigenvalue weighted by Crippen LogP contribution is 2.42. The molecule has 10 heavy (non-hydrogen) atoms. The van der Waals surface area contributed by atoms with Gasteiger partial charge in [0.05, 0.1) is 8.99 Å². The van der Waals surface area contributed by atoms with Gasteiger partial charge in [-0.25, -0.2) is 0 Å². The molecule has 0 aromatic rings. The highest BCUT2D eigenvalue weighted by molar-refractivity contribution is 9.28. The van der Waals surface area contributed by atoms with E-state index in [4.69, 9.17) is 4.43 Å². The van der Waals surface area contributed by atoms with Crippen molar-refractivity contribution in [1.29, 1.82) is 0 Å². The molecule has 1 rings (SSSR count). The molecule has 0 amide bonds. The standard InChI is InChI=1S/C6H8Br2OSi/c1-10-9-6(2-3-6)4-5(7)8/h4H,2-3H2,1H3. The first kappa shape index (κ1) is 8.97. The maximum atomic E-state index is 5.54. The molecule has 0 spiro atoms. The zero-order chi connectivity index (χ0) is 7.61. The minimum atomic E-state index is 0.0789. The van der Waals surface area contributed by atoms with Crippen LogP contribution in [0, 0.1) is 0 Å². The molecule has 0 N–H and O–H groups in total. The van der Waals surface area contributed by atoms with E-state index in [2.05, 4.69) is 44.5 Å². The third-order valence-electron chi connectivity index (χ3n) is 1.42. The van der Waals surface area contributed by atoms with Crippen LogP contribution >= 0.6 is 31.9 Å². The monoisotopic (exact) mass is 282 g/mol. The SMILES string of the molecule is C[Si]OC1(C=C(Br)Br)CC1. The van der Waals surface area contributed by atoms with E-state index in [1.54, 1.807) is 0 Å². The fourth-order valence-corrected chi connectivity index (χ4v) is 2.31. The molecule has 0 aromatic heterocycles. The van der Waals surface area contributed by atoms with Gasteiger partial charge >= 0.3 is 0 Å². The van der Waals surface area contributed by atoms with Crippen molar-refractivity contribution >= 4 is 41.6 Å². The van der Waals surface area contributed by atoms with Gasteiger partial charge in [0, 0.05) is 0 Å². The van der Waals surface area contributed by atoms with Gasteiger partial charge in [-0.15, -0.1) is 0 Å². The van der Waals surface area contributed by atoms with Gasteiger partial charge in [0.1, 0.15) is 0 Å². The summed E-state index contributed by atoms with van der Waals surface area (Å²) in [7, 11) is 0.585. The molecule has 56 valence electrons. The smallest absolute Gasteiger partial charge is 0.227 e. The van der Waals surface area contributed by atoms with Gasteiger partial charge in [0.25, 0.3) is 0 Å². The minimum Gasteiger partial charge on any atom is -0.409 e. The van der Waals surface area contributed by atoms with Crippen molar-refractivity contribution in [3.05, 3.63) is 9.47 Å². The number of halogens is 2. The molecule has 0 aromatic carbocycles. The maximum Gasteiger partial charge on any atom is 0.227 e. The molecule has 0 saturated heterocycles. The fourth-order valence-electron chi connectivity index (χ4n) is 0.801. The first-order valence-electron chi connectivity index (χ1n) is 3.07. The van der Waals surface area contributed by atoms with Crippen LogP contribution in [0.15, 0.2) is 9.47 Å². The minimum absolute atomic E-state index is 0.0789. The second kappa shape index (κ2) is 3.52. The number of hydrogen-bond acceptors (Lipinski definition) is 1. The lowest BCUT2D eigenvalue weighted by molar-refractivity contribution is 0.245. The van der Waals surface area contributed by atoms with Crippen molar-refractivity contribution in [2.45, 2.75) is 25.0 Å². The molecule has 0 unspecified atom stereocenters. The molecule has 2 radical (unpaired) electrons. The van der Waals surface area contributed by atoms with E-state index in [1.165, 1.54) is 0 Å². The Morgan fingerprint density at radius 2 is 2.20 bits per heavy atom. The van der Waals surface area contributed by atoms with E-state index >= 15 is 0 Å². The Bertz CT molecular complexity index is 150. The van der Waals surface area contributed by atoms with Crippen molar-refractivity contribution in [2.24, 2.45) is 0 Å². The van der Waals surface area contributed by atoms with Crippen LogP contribution in [-0.4, -0.2) is 15.4 Å². The predicted molar refractivity (Wildman–Crippen MR) is 50.6 cm³/mol. The molecule has 1 aliphatic rings. The highest BCUT2D eigenvalue weighted by Gasteiger charge is 2.41. The van der Waals surface area contributed by atoms with Crippen LogP contribution in [0.5, 0.6) is 0 Å². The largest absolute Gasteiger partial charge is 0.409 e. The van der Waals surface area contributed by atoms with Crippen LogP contribution in [-0.2, 0) is 4.43 Å². The predicted octanol–water partition coefficient (Wildman–Crippen LogP) is 2.83. The summed E-state index contributed by atoms with van der Waals surface area (Å²) in [5.41, 5.74) is 0.0789. The van der Waals surface area contributed by atoms with E-state index in [-0.39, 0.29) is 5.60 Å². The summed E-state index contributed by atoms with van der Waals surface area (Å²) < 4.78 is 6.54. The van der Waals surface area contributed by atoms with Crippen molar-refractivity contribution in [1.82, 2.24) is 0 Å². The van der Waals surface area contributed by atoms with Gasteiger partial charge in [-0.05, 0) is 57.3 Å². The Morgan fingerprint density at radius 1 is 1.60 bits per heavy atom. The van der Waals surface area contributed by atoms with E-state index < -0.39 is 0 Å². The Kier molecular flexibility index (Phi) is 3.15. The van der Waals surface area contributed by atoms with E-state index in [1.807, 2.05) is 0 Å². The second-order valence-electron chi connectivity index (χ2n) is 2.30. The Hall–Kier alpha value is 0.877. The lowest BCUT2D eigenvalue weighted by atomic mass is 10.3. The van der Waals surface area contributed by atoms with Gasteiger partial charge in [0.15, 0.2) is 0 Å². The first-order valence-corrected chi connectivity index (χ1v) is 6.06. The second-order valence-corrected chi connectivity index (χ2v) is 5.69. The van der Waals surface area contributed by atoms with Crippen LogP contribution < -0.4 is 0 Å². The van der Waals surface area contributed by atoms with Crippen molar-refractivity contribution in [2.75, 3.05) is 0 Å². The van der Waals surface area contributed by atoms with Gasteiger partial charge < -0.3 is 4.43 Å². The third-order valence-corrected chi connectivity index (χ3v) is 2.49. The molecule has 1 aliphatic carbocycles. The summed E-state index contributed by atoms with van der Waals surface area (Å²) in [6.07, 6.45) is 4.41. The van der Waals surface area contributed by atoms with E-state index in [0.29, 0.717) is 9.76 Å². The van der Waals surface area contributed by atoms with Gasteiger partial charge in [-0.2, -0.15) is 0 Å². The molecule has 1 nitrogen and oxygen atoms in total. The van der Waals surface area contributed by atoms with Crippen LogP contribution in [0.3, 0.4) is 0 Å². The lowest BCUT2D eigenvalue weighted by Gasteiger charge is -2.08. The molecule has 1 fully saturated rings. The van der Waals surface area contributed by atoms with Gasteiger partial charge in [-0.1, -0.05) is 0 Å². The third kappa shape index (κ3) is 2.49. The molecular formula is C6H8Br2OSi. The average molecular weight is 284 g/mol. The number of hydrogen-bond donors (Lipinski definition) is 0. The van der Waals surface area contributed by atoms with Crippen molar-refractivity contribution in [3.8, 4) is 0 Å². The van der Waals surface area contributed by atoms with Crippen LogP contribution in [0.2, 0.25) is 6.55 Å². The molecule has 0 aliphatic heterocycles. The number of rotatable bonds is 3. The zero-order valence-electron chi connectivity index (χ0n) is 5.66. The quantitative estimate of drug-likeness (QED) is 0.724. The van der Waals surface area contributed by atoms with Crippen LogP contribution in [0.1, 0.15) is 12.8 Å². The van der Waals surface area contributed by atoms with E-state index in [9.17, 15) is 0 Å². The van der Waals surface area contributed by atoms with Crippen molar-refractivity contribution in [3.63, 3.8) is 0 Å². The topological polar surface area (TPSA) is 9.23 Å². The fraction of sp³-hybridized carbons (Fsp3) is 0.667. The van der Waals surface area contributed by atoms with Crippen LogP contribution in [0.4, 0.5) is 0 Å². The zero-order valence-corrected chi connectivity index (χ0v) is 9.83. The summed E-state index contributed by atoms with van der Waals surface area (Å²) in [5.74, 6) is 0. The van der Waals surface area contributed by atoms with E-state index in [0.717, 1.165) is 16.2 Å². The average Bonchev–Trinajstić information content (AvgIpc) is 2.47. The van der Waals surface area contributed by atoms with Crippen LogP contribution in [0.25, 0.3) is 0 Å². The van der Waals surface area contributed by atoms with Crippen molar-refractivity contribution < 1.29 is 4.43 Å². The molecular weight excluding hydrogens is 276 g/mol. The normalized spacial score (nSPS) is 20.3. The molecule has 0 atom stereocenters. The first-order chi connectivity index (χ1) is 4.68. The summed E-state index contributed by atoms with van der Waals surface area (Å²) >= 11 is 6.64. The Balaban J connectivity index is 2.45. The lowest BCUT2D eigenvalue weighted by Crippen LogP contribution is -2.11. The summed E-state index contributed by atoms with van der Waals surface area (Å²) in [4.78, 5) is 0. The summed E-state index contributed by atoms with van der Waals surface area (Å²) in [5, 5.41) is 0. The maximum absolute atomic E-state index is 5.54. The molecule has 1 saturated carbocycles. The molecule has 4 heteroatoms. The Labute approximate surface area is 80.4 Å². The highest BCUT2D eigenvalue weighted by atomic mass is 79.9. The molecule has 0 heterocycles. The van der Waals surface area contributed by atoms with Gasteiger partial charge in [0.2, 0.25) is 9.76 Å². The summed E-state index contributed by atoms with van der Waals surface area (Å²) in [6, 6.07) is 0. The summed E-state index contributed by atoms with van der Waals surface area (Å²) in [6.45, 7) is 2.05. The molecule has 0 bridgehead atoms. The Morgan fingerprint density at radius 3 is 2.50 bits per heavy atom.